The Bertz CT molecular complexity index is 868. The second-order valence-corrected chi connectivity index (χ2v) is 6.53. The summed E-state index contributed by atoms with van der Waals surface area (Å²) in [5.41, 5.74) is -0.791. The van der Waals surface area contributed by atoms with Crippen molar-refractivity contribution in [3.8, 4) is 0 Å². The normalized spacial score (nSPS) is 12.0. The van der Waals surface area contributed by atoms with E-state index in [-0.39, 0.29) is 16.3 Å². The van der Waals surface area contributed by atoms with Crippen molar-refractivity contribution in [3.05, 3.63) is 40.2 Å². The highest BCUT2D eigenvalue weighted by molar-refractivity contribution is 7.89. The number of carboxylic acids is 1. The van der Waals surface area contributed by atoms with Gasteiger partial charge in [0.1, 0.15) is 5.56 Å². The number of nitrogens with one attached hydrogen (secondary N) is 2. The third-order valence-corrected chi connectivity index (χ3v) is 4.44. The van der Waals surface area contributed by atoms with Crippen molar-refractivity contribution in [2.24, 2.45) is 0 Å². The Morgan fingerprint density at radius 1 is 1.33 bits per heavy atom. The van der Waals surface area contributed by atoms with Gasteiger partial charge in [-0.15, -0.1) is 0 Å². The monoisotopic (exact) mass is 310 g/mol. The molecule has 0 saturated carbocycles. The third kappa shape index (κ3) is 2.96. The van der Waals surface area contributed by atoms with Crippen molar-refractivity contribution in [2.45, 2.75) is 24.8 Å². The van der Waals surface area contributed by atoms with Gasteiger partial charge in [0.2, 0.25) is 15.5 Å². The Morgan fingerprint density at radius 2 is 2.00 bits per heavy atom. The molecule has 0 radical (unpaired) electrons. The van der Waals surface area contributed by atoms with Gasteiger partial charge < -0.3 is 10.1 Å². The van der Waals surface area contributed by atoms with Crippen LogP contribution in [0.1, 0.15) is 24.2 Å². The molecule has 0 fully saturated rings. The number of pyridine rings is 1. The average molecular weight is 310 g/mol. The summed E-state index contributed by atoms with van der Waals surface area (Å²) < 4.78 is 26.6. The van der Waals surface area contributed by atoms with Crippen LogP contribution in [0.4, 0.5) is 0 Å². The van der Waals surface area contributed by atoms with Gasteiger partial charge in [0.25, 0.3) is 0 Å². The van der Waals surface area contributed by atoms with E-state index in [1.165, 1.54) is 18.2 Å². The molecule has 0 amide bonds. The van der Waals surface area contributed by atoms with Gasteiger partial charge in [-0.2, -0.15) is 0 Å². The molecule has 7 nitrogen and oxygen atoms in total. The predicted octanol–water partition coefficient (Wildman–Crippen LogP) is 0.913. The number of H-pyrrole nitrogens is 1. The Morgan fingerprint density at radius 3 is 2.57 bits per heavy atom. The molecule has 0 atom stereocenters. The first kappa shape index (κ1) is 15.2. The van der Waals surface area contributed by atoms with Gasteiger partial charge in [-0.05, 0) is 32.0 Å². The molecule has 0 spiro atoms. The molecular formula is C13H14N2O5S. The zero-order chi connectivity index (χ0) is 15.8. The fourth-order valence-electron chi connectivity index (χ4n) is 1.90. The van der Waals surface area contributed by atoms with Crippen LogP contribution in [-0.4, -0.2) is 30.5 Å². The summed E-state index contributed by atoms with van der Waals surface area (Å²) in [7, 11) is -3.75. The number of aromatic amines is 1. The molecule has 2 rings (SSSR count). The standard InChI is InChI=1S/C13H14N2O5S/c1-7(2)15-21(19,20)8-3-4-11-9(5-8)12(16)10(6-14-11)13(17)18/h3-7,15H,1-2H3,(H,14,16)(H,17,18). The van der Waals surface area contributed by atoms with Crippen molar-refractivity contribution in [1.29, 1.82) is 0 Å². The number of aromatic carboxylic acids is 1. The van der Waals surface area contributed by atoms with Crippen molar-refractivity contribution >= 4 is 26.9 Å². The molecule has 8 heteroatoms. The van der Waals surface area contributed by atoms with E-state index < -0.39 is 27.0 Å². The topological polar surface area (TPSA) is 116 Å². The van der Waals surface area contributed by atoms with Crippen molar-refractivity contribution < 1.29 is 18.3 Å². The minimum absolute atomic E-state index is 0.0153. The van der Waals surface area contributed by atoms with Crippen LogP contribution < -0.4 is 10.2 Å². The van der Waals surface area contributed by atoms with E-state index in [1.54, 1.807) is 13.8 Å². The fraction of sp³-hybridized carbons (Fsp3) is 0.231. The number of carbonyl (C=O) groups is 1. The summed E-state index contributed by atoms with van der Waals surface area (Å²) in [6, 6.07) is 3.65. The van der Waals surface area contributed by atoms with Crippen molar-refractivity contribution in [1.82, 2.24) is 9.71 Å². The van der Waals surface area contributed by atoms with Gasteiger partial charge in [0, 0.05) is 23.1 Å². The van der Waals surface area contributed by atoms with E-state index in [2.05, 4.69) is 9.71 Å². The van der Waals surface area contributed by atoms with Crippen LogP contribution in [-0.2, 0) is 10.0 Å². The predicted molar refractivity (Wildman–Crippen MR) is 77.0 cm³/mol. The second kappa shape index (κ2) is 5.30. The van der Waals surface area contributed by atoms with Crippen LogP contribution in [0.15, 0.2) is 34.1 Å². The Hall–Kier alpha value is -2.19. The van der Waals surface area contributed by atoms with Gasteiger partial charge in [0.15, 0.2) is 0 Å². The smallest absolute Gasteiger partial charge is 0.341 e. The number of fused-ring (bicyclic) bond motifs is 1. The zero-order valence-corrected chi connectivity index (χ0v) is 12.2. The number of hydrogen-bond acceptors (Lipinski definition) is 4. The summed E-state index contributed by atoms with van der Waals surface area (Å²) >= 11 is 0. The first-order valence-electron chi connectivity index (χ1n) is 6.13. The molecule has 1 heterocycles. The Balaban J connectivity index is 2.68. The number of rotatable bonds is 4. The lowest BCUT2D eigenvalue weighted by atomic mass is 10.1. The number of sulfonamides is 1. The highest BCUT2D eigenvalue weighted by Crippen LogP contribution is 2.16. The summed E-state index contributed by atoms with van der Waals surface area (Å²) in [4.78, 5) is 25.6. The van der Waals surface area contributed by atoms with Crippen LogP contribution in [0.25, 0.3) is 10.9 Å². The summed E-state index contributed by atoms with van der Waals surface area (Å²) in [5.74, 6) is -1.37. The fourth-order valence-corrected chi connectivity index (χ4v) is 3.18. The minimum atomic E-state index is -3.75. The average Bonchev–Trinajstić information content (AvgIpc) is 2.36. The van der Waals surface area contributed by atoms with E-state index >= 15 is 0 Å². The molecule has 0 bridgehead atoms. The van der Waals surface area contributed by atoms with Gasteiger partial charge in [-0.25, -0.2) is 17.9 Å². The van der Waals surface area contributed by atoms with Crippen LogP contribution in [0.3, 0.4) is 0 Å². The number of carboxylic acid groups (broad SMARTS) is 1. The maximum Gasteiger partial charge on any atom is 0.341 e. The molecule has 0 aliphatic carbocycles. The van der Waals surface area contributed by atoms with Gasteiger partial charge in [0.05, 0.1) is 4.90 Å². The quantitative estimate of drug-likeness (QED) is 0.776. The third-order valence-electron chi connectivity index (χ3n) is 2.78. The highest BCUT2D eigenvalue weighted by atomic mass is 32.2. The van der Waals surface area contributed by atoms with E-state index in [4.69, 9.17) is 5.11 Å². The van der Waals surface area contributed by atoms with Gasteiger partial charge >= 0.3 is 5.97 Å². The Kier molecular flexibility index (Phi) is 3.84. The largest absolute Gasteiger partial charge is 0.477 e. The Labute approximate surface area is 120 Å². The van der Waals surface area contributed by atoms with E-state index in [0.29, 0.717) is 5.52 Å². The van der Waals surface area contributed by atoms with Gasteiger partial charge in [-0.3, -0.25) is 4.79 Å². The molecule has 1 aromatic heterocycles. The molecule has 3 N–H and O–H groups in total. The first-order valence-corrected chi connectivity index (χ1v) is 7.62. The molecule has 1 aromatic carbocycles. The molecule has 21 heavy (non-hydrogen) atoms. The molecule has 0 aliphatic heterocycles. The molecular weight excluding hydrogens is 296 g/mol. The maximum absolute atomic E-state index is 12.1. The molecule has 0 saturated heterocycles. The zero-order valence-electron chi connectivity index (χ0n) is 11.4. The van der Waals surface area contributed by atoms with E-state index in [0.717, 1.165) is 6.20 Å². The van der Waals surface area contributed by atoms with Crippen LogP contribution >= 0.6 is 0 Å². The van der Waals surface area contributed by atoms with Crippen LogP contribution in [0, 0.1) is 0 Å². The molecule has 0 unspecified atom stereocenters. The summed E-state index contributed by atoms with van der Waals surface area (Å²) in [6.07, 6.45) is 1.09. The summed E-state index contributed by atoms with van der Waals surface area (Å²) in [6.45, 7) is 3.35. The van der Waals surface area contributed by atoms with E-state index in [9.17, 15) is 18.0 Å². The molecule has 2 aromatic rings. The minimum Gasteiger partial charge on any atom is -0.477 e. The number of aromatic nitrogens is 1. The van der Waals surface area contributed by atoms with Crippen molar-refractivity contribution in [2.75, 3.05) is 0 Å². The van der Waals surface area contributed by atoms with E-state index in [1.807, 2.05) is 0 Å². The molecule has 112 valence electrons. The number of benzene rings is 1. The second-order valence-electron chi connectivity index (χ2n) is 4.82. The molecule has 0 aliphatic rings. The number of hydrogen-bond donors (Lipinski definition) is 3. The maximum atomic E-state index is 12.1. The van der Waals surface area contributed by atoms with Crippen LogP contribution in [0.5, 0.6) is 0 Å². The highest BCUT2D eigenvalue weighted by Gasteiger charge is 2.18. The lowest BCUT2D eigenvalue weighted by Crippen LogP contribution is -2.30. The first-order chi connectivity index (χ1) is 9.72. The van der Waals surface area contributed by atoms with Crippen molar-refractivity contribution in [3.63, 3.8) is 0 Å². The van der Waals surface area contributed by atoms with Gasteiger partial charge in [-0.1, -0.05) is 0 Å². The summed E-state index contributed by atoms with van der Waals surface area (Å²) in [5, 5.41) is 8.94. The lowest BCUT2D eigenvalue weighted by Gasteiger charge is -2.10. The lowest BCUT2D eigenvalue weighted by molar-refractivity contribution is 0.0695. The SMILES string of the molecule is CC(C)NS(=O)(=O)c1ccc2[nH]cc(C(=O)O)c(=O)c2c1. The van der Waals surface area contributed by atoms with Crippen LogP contribution in [0.2, 0.25) is 0 Å².